The molecule has 0 amide bonds. The van der Waals surface area contributed by atoms with Gasteiger partial charge in [0.1, 0.15) is 12.4 Å². The van der Waals surface area contributed by atoms with E-state index in [1.807, 2.05) is 36.9 Å². The van der Waals surface area contributed by atoms with E-state index in [0.717, 1.165) is 12.2 Å². The van der Waals surface area contributed by atoms with Crippen molar-refractivity contribution in [3.8, 4) is 5.75 Å². The predicted molar refractivity (Wildman–Crippen MR) is 80.9 cm³/mol. The summed E-state index contributed by atoms with van der Waals surface area (Å²) in [6.07, 6.45) is 1.08. The summed E-state index contributed by atoms with van der Waals surface area (Å²) in [6.45, 7) is 2.75. The smallest absolute Gasteiger partial charge is 0.142 e. The molecule has 19 heavy (non-hydrogen) atoms. The molecule has 2 aromatic rings. The molecule has 0 aromatic heterocycles. The van der Waals surface area contributed by atoms with Gasteiger partial charge in [-0.2, -0.15) is 0 Å². The number of anilines is 1. The van der Waals surface area contributed by atoms with E-state index in [2.05, 4.69) is 24.3 Å². The Balaban J connectivity index is 1.64. The first kappa shape index (κ1) is 12.4. The maximum absolute atomic E-state index is 5.93. The van der Waals surface area contributed by atoms with Gasteiger partial charge in [-0.1, -0.05) is 24.3 Å². The summed E-state index contributed by atoms with van der Waals surface area (Å²) in [6, 6.07) is 14.5. The second-order valence-electron chi connectivity index (χ2n) is 4.90. The van der Waals surface area contributed by atoms with E-state index in [-0.39, 0.29) is 0 Å². The van der Waals surface area contributed by atoms with Crippen LogP contribution in [0, 0.1) is 6.92 Å². The molecule has 1 unspecified atom stereocenters. The highest BCUT2D eigenvalue weighted by Crippen LogP contribution is 2.37. The maximum Gasteiger partial charge on any atom is 0.142 e. The summed E-state index contributed by atoms with van der Waals surface area (Å²) in [5.74, 6) is 0.802. The second-order valence-corrected chi connectivity index (χ2v) is 6.25. The quantitative estimate of drug-likeness (QED) is 0.865. The van der Waals surface area contributed by atoms with Crippen molar-refractivity contribution < 1.29 is 4.74 Å². The molecular weight excluding hydrogens is 254 g/mol. The zero-order valence-corrected chi connectivity index (χ0v) is 11.7. The van der Waals surface area contributed by atoms with Crippen molar-refractivity contribution in [2.24, 2.45) is 0 Å². The van der Waals surface area contributed by atoms with E-state index in [0.29, 0.717) is 17.5 Å². The third-order valence-corrected chi connectivity index (χ3v) is 4.60. The van der Waals surface area contributed by atoms with Crippen molar-refractivity contribution in [2.75, 3.05) is 12.3 Å². The minimum atomic E-state index is 0.484. The molecule has 1 heterocycles. The molecule has 0 spiro atoms. The Morgan fingerprint density at radius 1 is 1.26 bits per heavy atom. The molecule has 98 valence electrons. The zero-order valence-electron chi connectivity index (χ0n) is 10.9. The van der Waals surface area contributed by atoms with E-state index >= 15 is 0 Å². The van der Waals surface area contributed by atoms with Crippen LogP contribution in [0.3, 0.4) is 0 Å². The highest BCUT2D eigenvalue weighted by molar-refractivity contribution is 8.00. The van der Waals surface area contributed by atoms with Crippen molar-refractivity contribution in [2.45, 2.75) is 23.5 Å². The SMILES string of the molecule is Cc1ccc(N)c(OCC2Cc3ccccc3S2)c1. The van der Waals surface area contributed by atoms with Crippen LogP contribution in [-0.4, -0.2) is 11.9 Å². The van der Waals surface area contributed by atoms with E-state index in [9.17, 15) is 0 Å². The van der Waals surface area contributed by atoms with Gasteiger partial charge in [0.05, 0.1) is 5.69 Å². The van der Waals surface area contributed by atoms with E-state index in [1.165, 1.54) is 16.0 Å². The number of rotatable bonds is 3. The number of thioether (sulfide) groups is 1. The molecule has 3 heteroatoms. The topological polar surface area (TPSA) is 35.2 Å². The molecule has 1 aliphatic rings. The summed E-state index contributed by atoms with van der Waals surface area (Å²) < 4.78 is 5.89. The average molecular weight is 271 g/mol. The normalized spacial score (nSPS) is 17.2. The third-order valence-electron chi connectivity index (χ3n) is 3.31. The van der Waals surface area contributed by atoms with Crippen LogP contribution >= 0.6 is 11.8 Å². The molecule has 0 radical (unpaired) electrons. The van der Waals surface area contributed by atoms with E-state index < -0.39 is 0 Å². The first-order valence-electron chi connectivity index (χ1n) is 6.46. The number of hydrogen-bond donors (Lipinski definition) is 1. The van der Waals surface area contributed by atoms with Crippen LogP contribution in [0.15, 0.2) is 47.4 Å². The van der Waals surface area contributed by atoms with Gasteiger partial charge in [-0.3, -0.25) is 0 Å². The largest absolute Gasteiger partial charge is 0.490 e. The summed E-state index contributed by atoms with van der Waals surface area (Å²) in [4.78, 5) is 1.38. The van der Waals surface area contributed by atoms with Gasteiger partial charge in [0.2, 0.25) is 0 Å². The van der Waals surface area contributed by atoms with Gasteiger partial charge in [0.25, 0.3) is 0 Å². The molecule has 3 rings (SSSR count). The third kappa shape index (κ3) is 2.71. The number of aryl methyl sites for hydroxylation is 1. The standard InChI is InChI=1S/C16H17NOS/c1-11-6-7-14(17)15(8-11)18-10-13-9-12-4-2-3-5-16(12)19-13/h2-8,13H,9-10,17H2,1H3. The Morgan fingerprint density at radius 2 is 2.11 bits per heavy atom. The Kier molecular flexibility index (Phi) is 3.38. The second kappa shape index (κ2) is 5.17. The molecule has 0 saturated heterocycles. The minimum absolute atomic E-state index is 0.484. The van der Waals surface area contributed by atoms with E-state index in [1.54, 1.807) is 0 Å². The fourth-order valence-corrected chi connectivity index (χ4v) is 3.51. The Bertz CT molecular complexity index is 572. The lowest BCUT2D eigenvalue weighted by Gasteiger charge is -2.13. The number of nitrogen functional groups attached to an aromatic ring is 1. The lowest BCUT2D eigenvalue weighted by atomic mass is 10.1. The van der Waals surface area contributed by atoms with Crippen molar-refractivity contribution in [1.29, 1.82) is 0 Å². The zero-order chi connectivity index (χ0) is 13.2. The average Bonchev–Trinajstić information content (AvgIpc) is 2.82. The van der Waals surface area contributed by atoms with Gasteiger partial charge in [0.15, 0.2) is 0 Å². The maximum atomic E-state index is 5.93. The molecule has 0 saturated carbocycles. The Morgan fingerprint density at radius 3 is 2.95 bits per heavy atom. The Labute approximate surface area is 118 Å². The van der Waals surface area contributed by atoms with Crippen LogP contribution in [0.5, 0.6) is 5.75 Å². The monoisotopic (exact) mass is 271 g/mol. The van der Waals surface area contributed by atoms with Gasteiger partial charge in [-0.05, 0) is 42.7 Å². The predicted octanol–water partition coefficient (Wildman–Crippen LogP) is 3.67. The summed E-state index contributed by atoms with van der Waals surface area (Å²) >= 11 is 1.90. The van der Waals surface area contributed by atoms with Crippen LogP contribution < -0.4 is 10.5 Å². The highest BCUT2D eigenvalue weighted by Gasteiger charge is 2.22. The van der Waals surface area contributed by atoms with Gasteiger partial charge in [-0.25, -0.2) is 0 Å². The lowest BCUT2D eigenvalue weighted by molar-refractivity contribution is 0.319. The van der Waals surface area contributed by atoms with Crippen molar-refractivity contribution >= 4 is 17.4 Å². The molecule has 0 aliphatic carbocycles. The molecule has 1 aliphatic heterocycles. The van der Waals surface area contributed by atoms with Crippen molar-refractivity contribution in [3.63, 3.8) is 0 Å². The Hall–Kier alpha value is -1.61. The molecule has 2 aromatic carbocycles. The van der Waals surface area contributed by atoms with Gasteiger partial charge >= 0.3 is 0 Å². The number of ether oxygens (including phenoxy) is 1. The van der Waals surface area contributed by atoms with Crippen LogP contribution in [-0.2, 0) is 6.42 Å². The van der Waals surface area contributed by atoms with Gasteiger partial charge in [0, 0.05) is 10.1 Å². The van der Waals surface area contributed by atoms with Crippen LogP contribution in [0.1, 0.15) is 11.1 Å². The number of hydrogen-bond acceptors (Lipinski definition) is 3. The summed E-state index contributed by atoms with van der Waals surface area (Å²) in [5, 5.41) is 0.484. The molecule has 2 nitrogen and oxygen atoms in total. The minimum Gasteiger partial charge on any atom is -0.490 e. The fourth-order valence-electron chi connectivity index (χ4n) is 2.30. The van der Waals surface area contributed by atoms with Crippen molar-refractivity contribution in [1.82, 2.24) is 0 Å². The van der Waals surface area contributed by atoms with Crippen LogP contribution in [0.4, 0.5) is 5.69 Å². The number of nitrogens with two attached hydrogens (primary N) is 1. The van der Waals surface area contributed by atoms with Crippen molar-refractivity contribution in [3.05, 3.63) is 53.6 Å². The molecule has 0 bridgehead atoms. The first-order chi connectivity index (χ1) is 9.22. The highest BCUT2D eigenvalue weighted by atomic mass is 32.2. The van der Waals surface area contributed by atoms with Crippen LogP contribution in [0.25, 0.3) is 0 Å². The summed E-state index contributed by atoms with van der Waals surface area (Å²) in [7, 11) is 0. The number of fused-ring (bicyclic) bond motifs is 1. The molecule has 0 fully saturated rings. The molecular formula is C16H17NOS. The van der Waals surface area contributed by atoms with E-state index in [4.69, 9.17) is 10.5 Å². The lowest BCUT2D eigenvalue weighted by Crippen LogP contribution is -2.14. The van der Waals surface area contributed by atoms with Crippen LogP contribution in [0.2, 0.25) is 0 Å². The fraction of sp³-hybridized carbons (Fsp3) is 0.250. The van der Waals surface area contributed by atoms with Gasteiger partial charge < -0.3 is 10.5 Å². The summed E-state index contributed by atoms with van der Waals surface area (Å²) in [5.41, 5.74) is 9.24. The molecule has 2 N–H and O–H groups in total. The first-order valence-corrected chi connectivity index (χ1v) is 7.34. The molecule has 1 atom stereocenters. The number of benzene rings is 2. The van der Waals surface area contributed by atoms with Gasteiger partial charge in [-0.15, -0.1) is 11.8 Å².